The maximum absolute atomic E-state index is 12.0. The van der Waals surface area contributed by atoms with E-state index >= 15 is 0 Å². The molecule has 7 heteroatoms. The third-order valence-corrected chi connectivity index (χ3v) is 4.47. The van der Waals surface area contributed by atoms with E-state index in [1.165, 1.54) is 11.3 Å². The summed E-state index contributed by atoms with van der Waals surface area (Å²) in [6, 6.07) is 1.78. The molecule has 3 heterocycles. The van der Waals surface area contributed by atoms with Crippen LogP contribution in [0, 0.1) is 5.92 Å². The summed E-state index contributed by atoms with van der Waals surface area (Å²) in [6.07, 6.45) is 5.77. The number of amides is 1. The molecular weight excluding hydrogens is 300 g/mol. The molecule has 1 saturated heterocycles. The molecule has 6 nitrogen and oxygen atoms in total. The van der Waals surface area contributed by atoms with Crippen LogP contribution < -0.4 is 5.32 Å². The molecule has 0 atom stereocenters. The van der Waals surface area contributed by atoms with Gasteiger partial charge in [-0.15, -0.1) is 11.3 Å². The van der Waals surface area contributed by atoms with Crippen LogP contribution in [0.1, 0.15) is 18.5 Å². The van der Waals surface area contributed by atoms with E-state index in [9.17, 15) is 4.79 Å². The summed E-state index contributed by atoms with van der Waals surface area (Å²) >= 11 is 1.52. The SMILES string of the molecule is O=C(NCCc1csc(-c2ncccn2)n1)C1CCOCC1. The summed E-state index contributed by atoms with van der Waals surface area (Å²) in [5.74, 6) is 0.868. The first-order valence-corrected chi connectivity index (χ1v) is 8.28. The fraction of sp³-hybridized carbons (Fsp3) is 0.467. The van der Waals surface area contributed by atoms with Crippen molar-refractivity contribution in [1.82, 2.24) is 20.3 Å². The zero-order valence-corrected chi connectivity index (χ0v) is 13.0. The standard InChI is InChI=1S/C15H18N4O2S/c20-14(11-3-8-21-9-4-11)18-7-2-12-10-22-15(19-12)13-16-5-1-6-17-13/h1,5-6,10-11H,2-4,7-9H2,(H,18,20). The number of carbonyl (C=O) groups is 1. The molecule has 0 radical (unpaired) electrons. The van der Waals surface area contributed by atoms with E-state index in [1.807, 2.05) is 5.38 Å². The number of nitrogens with one attached hydrogen (secondary N) is 1. The molecule has 1 fully saturated rings. The molecule has 1 aliphatic rings. The van der Waals surface area contributed by atoms with Crippen LogP contribution in [0.2, 0.25) is 0 Å². The van der Waals surface area contributed by atoms with Gasteiger partial charge >= 0.3 is 0 Å². The van der Waals surface area contributed by atoms with E-state index in [2.05, 4.69) is 20.3 Å². The van der Waals surface area contributed by atoms with Crippen LogP contribution in [-0.2, 0) is 16.0 Å². The zero-order valence-electron chi connectivity index (χ0n) is 12.2. The van der Waals surface area contributed by atoms with Crippen molar-refractivity contribution in [2.75, 3.05) is 19.8 Å². The van der Waals surface area contributed by atoms with Crippen molar-refractivity contribution in [3.63, 3.8) is 0 Å². The van der Waals surface area contributed by atoms with Gasteiger partial charge in [0.25, 0.3) is 0 Å². The summed E-state index contributed by atoms with van der Waals surface area (Å²) in [4.78, 5) is 24.9. The van der Waals surface area contributed by atoms with Crippen molar-refractivity contribution >= 4 is 17.2 Å². The minimum Gasteiger partial charge on any atom is -0.381 e. The van der Waals surface area contributed by atoms with E-state index in [4.69, 9.17) is 4.74 Å². The lowest BCUT2D eigenvalue weighted by atomic mass is 9.99. The molecule has 0 aromatic carbocycles. The molecule has 116 valence electrons. The maximum Gasteiger partial charge on any atom is 0.223 e. The van der Waals surface area contributed by atoms with Crippen LogP contribution in [0.3, 0.4) is 0 Å². The Balaban J connectivity index is 1.48. The highest BCUT2D eigenvalue weighted by Crippen LogP contribution is 2.19. The summed E-state index contributed by atoms with van der Waals surface area (Å²) < 4.78 is 5.27. The number of thiazole rings is 1. The van der Waals surface area contributed by atoms with Crippen molar-refractivity contribution in [3.05, 3.63) is 29.5 Å². The summed E-state index contributed by atoms with van der Waals surface area (Å²) in [7, 11) is 0. The molecule has 0 aliphatic carbocycles. The minimum absolute atomic E-state index is 0.0949. The van der Waals surface area contributed by atoms with Gasteiger partial charge in [0.2, 0.25) is 5.91 Å². The molecule has 0 spiro atoms. The second-order valence-corrected chi connectivity index (χ2v) is 6.00. The number of aromatic nitrogens is 3. The number of rotatable bonds is 5. The van der Waals surface area contributed by atoms with Crippen LogP contribution in [0.4, 0.5) is 0 Å². The first-order valence-electron chi connectivity index (χ1n) is 7.40. The van der Waals surface area contributed by atoms with Gasteiger partial charge in [-0.2, -0.15) is 0 Å². The fourth-order valence-corrected chi connectivity index (χ4v) is 3.15. The van der Waals surface area contributed by atoms with E-state index in [1.54, 1.807) is 18.5 Å². The molecule has 1 amide bonds. The lowest BCUT2D eigenvalue weighted by Crippen LogP contribution is -2.35. The number of hydrogen-bond donors (Lipinski definition) is 1. The molecular formula is C15H18N4O2S. The third-order valence-electron chi connectivity index (χ3n) is 3.58. The summed E-state index contributed by atoms with van der Waals surface area (Å²) in [5.41, 5.74) is 0.958. The molecule has 3 rings (SSSR count). The van der Waals surface area contributed by atoms with Gasteiger partial charge in [-0.1, -0.05) is 0 Å². The first kappa shape index (κ1) is 15.1. The average molecular weight is 318 g/mol. The van der Waals surface area contributed by atoms with Crippen LogP contribution in [0.5, 0.6) is 0 Å². The lowest BCUT2D eigenvalue weighted by Gasteiger charge is -2.21. The molecule has 2 aromatic rings. The van der Waals surface area contributed by atoms with Gasteiger partial charge < -0.3 is 10.1 Å². The average Bonchev–Trinajstić information content (AvgIpc) is 3.05. The fourth-order valence-electron chi connectivity index (χ4n) is 2.35. The van der Waals surface area contributed by atoms with E-state index in [0.717, 1.165) is 30.0 Å². The number of hydrogen-bond acceptors (Lipinski definition) is 6. The number of carbonyl (C=O) groups excluding carboxylic acids is 1. The van der Waals surface area contributed by atoms with Gasteiger partial charge in [0, 0.05) is 49.9 Å². The monoisotopic (exact) mass is 318 g/mol. The first-order chi connectivity index (χ1) is 10.8. The molecule has 0 unspecified atom stereocenters. The van der Waals surface area contributed by atoms with E-state index in [-0.39, 0.29) is 11.8 Å². The van der Waals surface area contributed by atoms with E-state index < -0.39 is 0 Å². The van der Waals surface area contributed by atoms with E-state index in [0.29, 0.717) is 25.6 Å². The topological polar surface area (TPSA) is 77.0 Å². The Hall–Kier alpha value is -1.86. The number of ether oxygens (including phenoxy) is 1. The Bertz CT molecular complexity index is 611. The summed E-state index contributed by atoms with van der Waals surface area (Å²) in [6.45, 7) is 1.98. The molecule has 2 aromatic heterocycles. The van der Waals surface area contributed by atoms with Gasteiger partial charge in [-0.3, -0.25) is 4.79 Å². The highest BCUT2D eigenvalue weighted by atomic mass is 32.1. The minimum atomic E-state index is 0.0949. The molecule has 0 saturated carbocycles. The van der Waals surface area contributed by atoms with Gasteiger partial charge in [-0.05, 0) is 18.9 Å². The lowest BCUT2D eigenvalue weighted by molar-refractivity contribution is -0.127. The second-order valence-electron chi connectivity index (χ2n) is 5.14. The Morgan fingerprint density at radius 3 is 2.86 bits per heavy atom. The Labute approximate surface area is 133 Å². The predicted octanol–water partition coefficient (Wildman–Crippen LogP) is 1.69. The van der Waals surface area contributed by atoms with Gasteiger partial charge in [0.1, 0.15) is 0 Å². The van der Waals surface area contributed by atoms with Crippen molar-refractivity contribution in [2.45, 2.75) is 19.3 Å². The van der Waals surface area contributed by atoms with Crippen LogP contribution >= 0.6 is 11.3 Å². The molecule has 1 aliphatic heterocycles. The molecule has 0 bridgehead atoms. The van der Waals surface area contributed by atoms with Crippen molar-refractivity contribution in [3.8, 4) is 10.8 Å². The Morgan fingerprint density at radius 1 is 1.32 bits per heavy atom. The molecule has 1 N–H and O–H groups in total. The smallest absolute Gasteiger partial charge is 0.223 e. The molecule has 22 heavy (non-hydrogen) atoms. The van der Waals surface area contributed by atoms with Crippen LogP contribution in [0.25, 0.3) is 10.8 Å². The maximum atomic E-state index is 12.0. The largest absolute Gasteiger partial charge is 0.381 e. The zero-order chi connectivity index (χ0) is 15.2. The van der Waals surface area contributed by atoms with Gasteiger partial charge in [0.05, 0.1) is 5.69 Å². The third kappa shape index (κ3) is 3.86. The second kappa shape index (κ2) is 7.42. The van der Waals surface area contributed by atoms with Crippen molar-refractivity contribution < 1.29 is 9.53 Å². The number of nitrogens with zero attached hydrogens (tertiary/aromatic N) is 3. The summed E-state index contributed by atoms with van der Waals surface area (Å²) in [5, 5.41) is 5.79. The Kier molecular flexibility index (Phi) is 5.07. The van der Waals surface area contributed by atoms with Crippen LogP contribution in [-0.4, -0.2) is 40.6 Å². The van der Waals surface area contributed by atoms with Gasteiger partial charge in [-0.25, -0.2) is 15.0 Å². The normalized spacial score (nSPS) is 15.6. The van der Waals surface area contributed by atoms with Gasteiger partial charge in [0.15, 0.2) is 10.8 Å². The highest BCUT2D eigenvalue weighted by molar-refractivity contribution is 7.13. The highest BCUT2D eigenvalue weighted by Gasteiger charge is 2.21. The van der Waals surface area contributed by atoms with Crippen molar-refractivity contribution in [1.29, 1.82) is 0 Å². The van der Waals surface area contributed by atoms with Crippen molar-refractivity contribution in [2.24, 2.45) is 5.92 Å². The van der Waals surface area contributed by atoms with Crippen LogP contribution in [0.15, 0.2) is 23.8 Å². The quantitative estimate of drug-likeness (QED) is 0.908. The predicted molar refractivity (Wildman–Crippen MR) is 83.4 cm³/mol. The Morgan fingerprint density at radius 2 is 2.09 bits per heavy atom.